The van der Waals surface area contributed by atoms with Crippen LogP contribution in [0.2, 0.25) is 0 Å². The van der Waals surface area contributed by atoms with Crippen molar-refractivity contribution < 1.29 is 4.79 Å². The van der Waals surface area contributed by atoms with Crippen LogP contribution in [0, 0.1) is 5.92 Å². The van der Waals surface area contributed by atoms with Crippen LogP contribution in [-0.2, 0) is 4.79 Å². The van der Waals surface area contributed by atoms with Gasteiger partial charge in [-0.15, -0.1) is 0 Å². The zero-order valence-electron chi connectivity index (χ0n) is 6.40. The summed E-state index contributed by atoms with van der Waals surface area (Å²) >= 11 is 0. The van der Waals surface area contributed by atoms with E-state index < -0.39 is 0 Å². The third-order valence-electron chi connectivity index (χ3n) is 1.27. The topological polar surface area (TPSA) is 29.1 Å². The van der Waals surface area contributed by atoms with Gasteiger partial charge < -0.3 is 5.23 Å². The molecule has 0 amide bonds. The molecular weight excluding hydrogens is 113 g/mol. The minimum atomic E-state index is 0.193. The molecule has 9 heavy (non-hydrogen) atoms. The van der Waals surface area contributed by atoms with Crippen LogP contribution in [0.1, 0.15) is 20.3 Å². The molecule has 0 saturated heterocycles. The van der Waals surface area contributed by atoms with E-state index in [1.165, 1.54) is 0 Å². The van der Waals surface area contributed by atoms with Crippen molar-refractivity contribution in [3.8, 4) is 0 Å². The van der Waals surface area contributed by atoms with Crippen LogP contribution < -0.4 is 5.23 Å². The van der Waals surface area contributed by atoms with Crippen molar-refractivity contribution in [2.24, 2.45) is 5.92 Å². The summed E-state index contributed by atoms with van der Waals surface area (Å²) in [5, 5.41) is 2.93. The van der Waals surface area contributed by atoms with Gasteiger partial charge in [0.05, 0.1) is 0 Å². The van der Waals surface area contributed by atoms with Gasteiger partial charge in [-0.2, -0.15) is 0 Å². The Labute approximate surface area is 57.4 Å². The molecule has 0 radical (unpaired) electrons. The monoisotopic (exact) mass is 127 g/mol. The summed E-state index contributed by atoms with van der Waals surface area (Å²) in [6.07, 6.45) is 0.661. The average molecular weight is 127 g/mol. The second-order valence-electron chi connectivity index (χ2n) is 2.47. The first-order chi connectivity index (χ1) is 4.18. The number of nitrogens with one attached hydrogen (secondary N) is 1. The molecule has 0 unspecified atom stereocenters. The van der Waals surface area contributed by atoms with Gasteiger partial charge in [0.25, 0.3) is 0 Å². The molecular formula is C6H14BNO. The Balaban J connectivity index is 3.28. The lowest BCUT2D eigenvalue weighted by atomic mass is 10.1. The Morgan fingerprint density at radius 2 is 2.22 bits per heavy atom. The molecule has 0 aliphatic heterocycles. The fourth-order valence-electron chi connectivity index (χ4n) is 0.537. The summed E-state index contributed by atoms with van der Waals surface area (Å²) in [6, 6.07) is 0. The third-order valence-corrected chi connectivity index (χ3v) is 1.27. The standard InChI is InChI=1S/C6H14BNO/c1-5(2)6(9)3-4-8-7/h5,8H,3-4,7H2,1-2H3. The third kappa shape index (κ3) is 4.21. The van der Waals surface area contributed by atoms with Gasteiger partial charge in [0.15, 0.2) is 7.98 Å². The molecule has 0 aromatic rings. The van der Waals surface area contributed by atoms with Crippen LogP contribution in [0.4, 0.5) is 0 Å². The highest BCUT2D eigenvalue weighted by molar-refractivity contribution is 6.04. The molecule has 0 fully saturated rings. The smallest absolute Gasteiger partial charge is 0.181 e. The Morgan fingerprint density at radius 3 is 2.56 bits per heavy atom. The quantitative estimate of drug-likeness (QED) is 0.527. The molecule has 0 aliphatic rings. The molecule has 0 aliphatic carbocycles. The Bertz CT molecular complexity index is 93.1. The number of ketones is 1. The van der Waals surface area contributed by atoms with E-state index in [1.54, 1.807) is 0 Å². The number of rotatable bonds is 4. The van der Waals surface area contributed by atoms with E-state index in [2.05, 4.69) is 5.23 Å². The second-order valence-corrected chi connectivity index (χ2v) is 2.47. The highest BCUT2D eigenvalue weighted by Gasteiger charge is 2.04. The molecule has 2 nitrogen and oxygen atoms in total. The van der Waals surface area contributed by atoms with Crippen LogP contribution in [0.5, 0.6) is 0 Å². The Hall–Kier alpha value is -0.305. The first kappa shape index (κ1) is 8.69. The maximum absolute atomic E-state index is 10.9. The molecule has 1 N–H and O–H groups in total. The van der Waals surface area contributed by atoms with Crippen LogP contribution in [0.3, 0.4) is 0 Å². The van der Waals surface area contributed by atoms with Crippen LogP contribution in [0.25, 0.3) is 0 Å². The van der Waals surface area contributed by atoms with E-state index in [-0.39, 0.29) is 5.92 Å². The summed E-state index contributed by atoms with van der Waals surface area (Å²) in [7, 11) is 1.85. The fourth-order valence-corrected chi connectivity index (χ4v) is 0.537. The van der Waals surface area contributed by atoms with Gasteiger partial charge in [-0.25, -0.2) is 0 Å². The minimum absolute atomic E-state index is 0.193. The first-order valence-electron chi connectivity index (χ1n) is 3.35. The van der Waals surface area contributed by atoms with Crippen molar-refractivity contribution in [3.05, 3.63) is 0 Å². The van der Waals surface area contributed by atoms with Crippen LogP contribution in [-0.4, -0.2) is 20.3 Å². The van der Waals surface area contributed by atoms with Gasteiger partial charge >= 0.3 is 0 Å². The number of carbonyl (C=O) groups is 1. The van der Waals surface area contributed by atoms with Gasteiger partial charge in [-0.3, -0.25) is 4.79 Å². The van der Waals surface area contributed by atoms with Gasteiger partial charge in [0.1, 0.15) is 5.78 Å². The fraction of sp³-hybridized carbons (Fsp3) is 0.833. The lowest BCUT2D eigenvalue weighted by Gasteiger charge is -2.01. The van der Waals surface area contributed by atoms with E-state index in [1.807, 2.05) is 21.8 Å². The maximum Gasteiger partial charge on any atom is 0.181 e. The zero-order valence-corrected chi connectivity index (χ0v) is 6.40. The molecule has 0 bridgehead atoms. The summed E-state index contributed by atoms with van der Waals surface area (Å²) in [4.78, 5) is 10.9. The van der Waals surface area contributed by atoms with Crippen molar-refractivity contribution in [1.29, 1.82) is 0 Å². The molecule has 0 aromatic heterocycles. The predicted molar refractivity (Wildman–Crippen MR) is 41.0 cm³/mol. The summed E-state index contributed by atoms with van der Waals surface area (Å²) in [5.41, 5.74) is 0. The van der Waals surface area contributed by atoms with E-state index >= 15 is 0 Å². The van der Waals surface area contributed by atoms with Crippen molar-refractivity contribution in [2.75, 3.05) is 6.54 Å². The maximum atomic E-state index is 10.9. The van der Waals surface area contributed by atoms with Crippen molar-refractivity contribution in [3.63, 3.8) is 0 Å². The Morgan fingerprint density at radius 1 is 1.67 bits per heavy atom. The molecule has 0 atom stereocenters. The average Bonchev–Trinajstić information content (AvgIpc) is 1.82. The number of carbonyl (C=O) groups excluding carboxylic acids is 1. The van der Waals surface area contributed by atoms with Gasteiger partial charge in [-0.1, -0.05) is 13.8 Å². The van der Waals surface area contributed by atoms with E-state index in [9.17, 15) is 4.79 Å². The molecule has 0 aromatic carbocycles. The molecule has 0 spiro atoms. The molecule has 0 rings (SSSR count). The lowest BCUT2D eigenvalue weighted by molar-refractivity contribution is -0.121. The van der Waals surface area contributed by atoms with E-state index in [4.69, 9.17) is 0 Å². The lowest BCUT2D eigenvalue weighted by Crippen LogP contribution is -2.17. The molecule has 3 heteroatoms. The van der Waals surface area contributed by atoms with Gasteiger partial charge in [0.2, 0.25) is 0 Å². The SMILES string of the molecule is BNCCC(=O)C(C)C. The van der Waals surface area contributed by atoms with Crippen LogP contribution >= 0.6 is 0 Å². The van der Waals surface area contributed by atoms with Crippen LogP contribution in [0.15, 0.2) is 0 Å². The number of Topliss-reactive ketones (excluding diaryl/α,β-unsaturated/α-hetero) is 1. The predicted octanol–water partition coefficient (Wildman–Crippen LogP) is -0.261. The Kier molecular flexibility index (Phi) is 4.41. The number of hydrogen-bond donors (Lipinski definition) is 1. The number of hydrogen-bond acceptors (Lipinski definition) is 2. The van der Waals surface area contributed by atoms with Crippen molar-refractivity contribution in [2.45, 2.75) is 20.3 Å². The van der Waals surface area contributed by atoms with Gasteiger partial charge in [-0.05, 0) is 6.54 Å². The summed E-state index contributed by atoms with van der Waals surface area (Å²) in [6.45, 7) is 4.66. The minimum Gasteiger partial charge on any atom is -0.362 e. The van der Waals surface area contributed by atoms with E-state index in [0.29, 0.717) is 12.2 Å². The van der Waals surface area contributed by atoms with Gasteiger partial charge in [0, 0.05) is 12.3 Å². The normalized spacial score (nSPS) is 10.1. The summed E-state index contributed by atoms with van der Waals surface area (Å²) < 4.78 is 0. The second kappa shape index (κ2) is 4.56. The highest BCUT2D eigenvalue weighted by atomic mass is 16.1. The largest absolute Gasteiger partial charge is 0.362 e. The van der Waals surface area contributed by atoms with Crippen molar-refractivity contribution in [1.82, 2.24) is 5.23 Å². The molecule has 52 valence electrons. The highest BCUT2D eigenvalue weighted by Crippen LogP contribution is 1.96. The first-order valence-corrected chi connectivity index (χ1v) is 3.35. The van der Waals surface area contributed by atoms with E-state index in [0.717, 1.165) is 6.54 Å². The molecule has 0 heterocycles. The summed E-state index contributed by atoms with van der Waals surface area (Å²) in [5.74, 6) is 0.530. The molecule has 0 saturated carbocycles. The zero-order chi connectivity index (χ0) is 7.28. The van der Waals surface area contributed by atoms with Crippen molar-refractivity contribution >= 4 is 13.8 Å².